The van der Waals surface area contributed by atoms with Gasteiger partial charge in [-0.1, -0.05) is 36.4 Å². The lowest BCUT2D eigenvalue weighted by molar-refractivity contribution is 0.0971. The number of carbonyl (C=O) groups is 2. The van der Waals surface area contributed by atoms with Crippen LogP contribution in [0.3, 0.4) is 0 Å². The molecule has 0 aliphatic heterocycles. The van der Waals surface area contributed by atoms with E-state index in [1.54, 1.807) is 36.4 Å². The summed E-state index contributed by atoms with van der Waals surface area (Å²) in [6.07, 6.45) is 1.70. The molecule has 6 nitrogen and oxygen atoms in total. The highest BCUT2D eigenvalue weighted by molar-refractivity contribution is 6.06. The Hall–Kier alpha value is -4.45. The molecule has 1 heterocycles. The van der Waals surface area contributed by atoms with Crippen LogP contribution in [0.2, 0.25) is 0 Å². The summed E-state index contributed by atoms with van der Waals surface area (Å²) in [6, 6.07) is 26.8. The van der Waals surface area contributed by atoms with Gasteiger partial charge in [0.15, 0.2) is 5.78 Å². The molecule has 1 amide bonds. The smallest absolute Gasteiger partial charge is 0.268 e. The number of fused-ring (bicyclic) bond motifs is 1. The maximum Gasteiger partial charge on any atom is 0.268 e. The topological polar surface area (TPSA) is 77.4 Å². The van der Waals surface area contributed by atoms with Crippen molar-refractivity contribution in [2.45, 2.75) is 19.3 Å². The number of pyridine rings is 1. The molecule has 0 fully saturated rings. The number of para-hydroxylation sites is 2. The fraction of sp³-hybridized carbons (Fsp3) is 0.107. The molecule has 34 heavy (non-hydrogen) atoms. The molecule has 0 unspecified atom stereocenters. The third-order valence-electron chi connectivity index (χ3n) is 5.77. The summed E-state index contributed by atoms with van der Waals surface area (Å²) in [5.41, 5.74) is 1.73. The van der Waals surface area contributed by atoms with E-state index >= 15 is 0 Å². The predicted octanol–water partition coefficient (Wildman–Crippen LogP) is 5.40. The number of amides is 1. The van der Waals surface area contributed by atoms with E-state index in [9.17, 15) is 14.4 Å². The third kappa shape index (κ3) is 4.26. The Morgan fingerprint density at radius 1 is 0.794 bits per heavy atom. The van der Waals surface area contributed by atoms with Gasteiger partial charge in [0.1, 0.15) is 17.1 Å². The van der Waals surface area contributed by atoms with Crippen LogP contribution in [0.25, 0.3) is 5.69 Å². The van der Waals surface area contributed by atoms with Crippen molar-refractivity contribution in [2.24, 2.45) is 0 Å². The van der Waals surface area contributed by atoms with Crippen molar-refractivity contribution in [3.05, 3.63) is 118 Å². The number of carbonyl (C=O) groups excluding carboxylic acids is 2. The van der Waals surface area contributed by atoms with Gasteiger partial charge in [-0.3, -0.25) is 19.0 Å². The van der Waals surface area contributed by atoms with Crippen LogP contribution >= 0.6 is 0 Å². The summed E-state index contributed by atoms with van der Waals surface area (Å²) in [4.78, 5) is 39.2. The van der Waals surface area contributed by atoms with E-state index in [1.807, 2.05) is 48.5 Å². The van der Waals surface area contributed by atoms with E-state index < -0.39 is 11.5 Å². The first-order chi connectivity index (χ1) is 16.6. The van der Waals surface area contributed by atoms with Crippen molar-refractivity contribution in [2.75, 3.05) is 5.32 Å². The lowest BCUT2D eigenvalue weighted by atomic mass is 9.92. The molecule has 0 saturated heterocycles. The monoisotopic (exact) mass is 450 g/mol. The van der Waals surface area contributed by atoms with Crippen molar-refractivity contribution in [1.82, 2.24) is 4.57 Å². The van der Waals surface area contributed by atoms with Crippen LogP contribution in [0.15, 0.2) is 95.8 Å². The Balaban J connectivity index is 1.45. The number of nitrogens with one attached hydrogen (secondary N) is 1. The molecule has 5 rings (SSSR count). The number of ether oxygens (including phenoxy) is 1. The Morgan fingerprint density at radius 2 is 1.44 bits per heavy atom. The Morgan fingerprint density at radius 3 is 2.15 bits per heavy atom. The second-order valence-electron chi connectivity index (χ2n) is 8.06. The minimum Gasteiger partial charge on any atom is -0.457 e. The summed E-state index contributed by atoms with van der Waals surface area (Å²) in [6.45, 7) is 0. The molecule has 4 aromatic rings. The second-order valence-corrected chi connectivity index (χ2v) is 8.06. The van der Waals surface area contributed by atoms with Crippen LogP contribution in [0.1, 0.15) is 39.3 Å². The molecule has 0 saturated carbocycles. The molecule has 6 heteroatoms. The number of ketones is 1. The zero-order chi connectivity index (χ0) is 23.5. The minimum absolute atomic E-state index is 0.0533. The summed E-state index contributed by atoms with van der Waals surface area (Å²) in [7, 11) is 0. The average molecular weight is 450 g/mol. The van der Waals surface area contributed by atoms with Gasteiger partial charge in [0.05, 0.1) is 0 Å². The number of nitrogens with zero attached hydrogens (tertiary/aromatic N) is 1. The first kappa shape index (κ1) is 21.4. The van der Waals surface area contributed by atoms with Crippen molar-refractivity contribution in [1.29, 1.82) is 0 Å². The molecule has 1 aliphatic rings. The number of rotatable bonds is 5. The van der Waals surface area contributed by atoms with Gasteiger partial charge >= 0.3 is 0 Å². The van der Waals surface area contributed by atoms with E-state index in [0.717, 1.165) is 0 Å². The highest BCUT2D eigenvalue weighted by Gasteiger charge is 2.26. The summed E-state index contributed by atoms with van der Waals surface area (Å²) in [5.74, 6) is 0.712. The van der Waals surface area contributed by atoms with Crippen molar-refractivity contribution in [3.63, 3.8) is 0 Å². The first-order valence-electron chi connectivity index (χ1n) is 11.1. The van der Waals surface area contributed by atoms with Gasteiger partial charge in [0, 0.05) is 29.1 Å². The molecule has 1 aromatic heterocycles. The van der Waals surface area contributed by atoms with E-state index in [4.69, 9.17) is 4.74 Å². The average Bonchev–Trinajstić information content (AvgIpc) is 2.86. The summed E-state index contributed by atoms with van der Waals surface area (Å²) in [5, 5.41) is 2.77. The van der Waals surface area contributed by atoms with E-state index in [2.05, 4.69) is 5.32 Å². The number of hydrogen-bond acceptors (Lipinski definition) is 4. The minimum atomic E-state index is -0.562. The molecule has 0 radical (unpaired) electrons. The van der Waals surface area contributed by atoms with Gasteiger partial charge in [-0.25, -0.2) is 0 Å². The van der Waals surface area contributed by atoms with Crippen LogP contribution in [-0.4, -0.2) is 16.3 Å². The molecule has 168 valence electrons. The molecule has 0 spiro atoms. The number of benzene rings is 3. The zero-order valence-electron chi connectivity index (χ0n) is 18.4. The van der Waals surface area contributed by atoms with Gasteiger partial charge in [0.25, 0.3) is 11.5 Å². The number of aromatic nitrogens is 1. The number of Topliss-reactive ketones (excluding diaryl/α,β-unsaturated/α-hetero) is 1. The quantitative estimate of drug-likeness (QED) is 0.442. The predicted molar refractivity (Wildman–Crippen MR) is 130 cm³/mol. The van der Waals surface area contributed by atoms with Crippen molar-refractivity contribution >= 4 is 17.4 Å². The van der Waals surface area contributed by atoms with E-state index in [1.165, 1.54) is 10.6 Å². The second kappa shape index (κ2) is 9.19. The van der Waals surface area contributed by atoms with Gasteiger partial charge in [-0.05, 0) is 67.4 Å². The maximum absolute atomic E-state index is 13.4. The van der Waals surface area contributed by atoms with Gasteiger partial charge in [-0.2, -0.15) is 0 Å². The van der Waals surface area contributed by atoms with Crippen LogP contribution in [0.4, 0.5) is 5.69 Å². The molecule has 0 bridgehead atoms. The molecule has 1 aliphatic carbocycles. The van der Waals surface area contributed by atoms with Gasteiger partial charge in [-0.15, -0.1) is 0 Å². The Kier molecular flexibility index (Phi) is 5.79. The maximum atomic E-state index is 13.4. The van der Waals surface area contributed by atoms with Crippen LogP contribution in [-0.2, 0) is 6.42 Å². The first-order valence-corrected chi connectivity index (χ1v) is 11.1. The summed E-state index contributed by atoms with van der Waals surface area (Å²) < 4.78 is 7.28. The van der Waals surface area contributed by atoms with Crippen LogP contribution in [0, 0.1) is 0 Å². The fourth-order valence-electron chi connectivity index (χ4n) is 4.13. The van der Waals surface area contributed by atoms with Crippen LogP contribution in [0.5, 0.6) is 11.5 Å². The SMILES string of the molecule is O=C1CCCc2c1cc(C(=O)Nc1ccc(Oc3ccccc3)cc1)c(=O)n2-c1ccccc1. The summed E-state index contributed by atoms with van der Waals surface area (Å²) >= 11 is 0. The number of anilines is 1. The molecule has 0 atom stereocenters. The normalized spacial score (nSPS) is 12.6. The Bertz CT molecular complexity index is 1410. The fourth-order valence-corrected chi connectivity index (χ4v) is 4.13. The van der Waals surface area contributed by atoms with Gasteiger partial charge in [0.2, 0.25) is 0 Å². The molecule has 1 N–H and O–H groups in total. The standard InChI is InChI=1S/C28H22N2O4/c31-26-13-7-12-25-23(26)18-24(28(33)30(25)20-8-3-1-4-9-20)27(32)29-19-14-16-22(17-15-19)34-21-10-5-2-6-11-21/h1-6,8-11,14-18H,7,12-13H2,(H,29,32). The lowest BCUT2D eigenvalue weighted by Crippen LogP contribution is -2.33. The zero-order valence-corrected chi connectivity index (χ0v) is 18.4. The van der Waals surface area contributed by atoms with Gasteiger partial charge < -0.3 is 10.1 Å². The van der Waals surface area contributed by atoms with E-state index in [-0.39, 0.29) is 11.3 Å². The largest absolute Gasteiger partial charge is 0.457 e. The van der Waals surface area contributed by atoms with Crippen molar-refractivity contribution < 1.29 is 14.3 Å². The van der Waals surface area contributed by atoms with Crippen molar-refractivity contribution in [3.8, 4) is 17.2 Å². The van der Waals surface area contributed by atoms with Crippen LogP contribution < -0.4 is 15.6 Å². The third-order valence-corrected chi connectivity index (χ3v) is 5.77. The number of hydrogen-bond donors (Lipinski definition) is 1. The van der Waals surface area contributed by atoms with E-state index in [0.29, 0.717) is 53.4 Å². The lowest BCUT2D eigenvalue weighted by Gasteiger charge is -2.21. The molecule has 3 aromatic carbocycles. The highest BCUT2D eigenvalue weighted by Crippen LogP contribution is 2.25. The highest BCUT2D eigenvalue weighted by atomic mass is 16.5. The molecular formula is C28H22N2O4. The molecular weight excluding hydrogens is 428 g/mol. The Labute approximate surface area is 196 Å².